The molecule has 2 N–H and O–H groups in total. The molecule has 118 valence electrons. The van der Waals surface area contributed by atoms with Crippen molar-refractivity contribution in [3.63, 3.8) is 0 Å². The largest absolute Gasteiger partial charge is 0.487 e. The molecule has 0 fully saturated rings. The summed E-state index contributed by atoms with van der Waals surface area (Å²) >= 11 is 6.10. The van der Waals surface area contributed by atoms with Crippen LogP contribution in [0.25, 0.3) is 0 Å². The minimum atomic E-state index is 0.0193. The Morgan fingerprint density at radius 2 is 2.10 bits per heavy atom. The molecule has 0 aliphatic carbocycles. The molecule has 0 saturated heterocycles. The Morgan fingerprint density at radius 1 is 1.33 bits per heavy atom. The molecular formula is C15H24ClN3O2. The van der Waals surface area contributed by atoms with Crippen molar-refractivity contribution in [3.8, 4) is 5.75 Å². The van der Waals surface area contributed by atoms with Crippen molar-refractivity contribution < 1.29 is 9.47 Å². The number of rotatable bonds is 8. The van der Waals surface area contributed by atoms with Gasteiger partial charge in [-0.05, 0) is 18.6 Å². The van der Waals surface area contributed by atoms with Gasteiger partial charge in [0, 0.05) is 20.7 Å². The van der Waals surface area contributed by atoms with E-state index in [1.807, 2.05) is 24.3 Å². The average molecular weight is 314 g/mol. The Bertz CT molecular complexity index is 441. The predicted molar refractivity (Wildman–Crippen MR) is 87.4 cm³/mol. The fourth-order valence-electron chi connectivity index (χ4n) is 1.69. The molecule has 6 heteroatoms. The number of nitrogens with one attached hydrogen (secondary N) is 2. The molecule has 1 atom stereocenters. The first-order chi connectivity index (χ1) is 10.2. The van der Waals surface area contributed by atoms with Gasteiger partial charge < -0.3 is 20.1 Å². The van der Waals surface area contributed by atoms with Crippen LogP contribution in [0.1, 0.15) is 13.3 Å². The zero-order valence-electron chi connectivity index (χ0n) is 12.9. The van der Waals surface area contributed by atoms with Crippen molar-refractivity contribution in [1.29, 1.82) is 0 Å². The molecule has 0 heterocycles. The Hall–Kier alpha value is -1.46. The topological polar surface area (TPSA) is 54.9 Å². The highest BCUT2D eigenvalue weighted by Crippen LogP contribution is 2.24. The number of aliphatic imine (C=N–C) groups is 1. The van der Waals surface area contributed by atoms with Crippen molar-refractivity contribution in [2.24, 2.45) is 4.99 Å². The summed E-state index contributed by atoms with van der Waals surface area (Å²) in [5.41, 5.74) is 0. The van der Waals surface area contributed by atoms with Gasteiger partial charge in [-0.2, -0.15) is 0 Å². The first-order valence-electron chi connectivity index (χ1n) is 7.05. The highest BCUT2D eigenvalue weighted by molar-refractivity contribution is 6.32. The molecule has 0 aliphatic rings. The number of nitrogens with zero attached hydrogens (tertiary/aromatic N) is 1. The monoisotopic (exact) mass is 313 g/mol. The molecule has 0 spiro atoms. The van der Waals surface area contributed by atoms with E-state index in [0.717, 1.165) is 12.4 Å². The smallest absolute Gasteiger partial charge is 0.191 e. The molecular weight excluding hydrogens is 290 g/mol. The maximum atomic E-state index is 6.10. The van der Waals surface area contributed by atoms with E-state index in [4.69, 9.17) is 21.1 Å². The molecule has 5 nitrogen and oxygen atoms in total. The number of ether oxygens (including phenoxy) is 2. The molecule has 1 aromatic rings. The van der Waals surface area contributed by atoms with Crippen LogP contribution in [0.4, 0.5) is 0 Å². The second-order valence-electron chi connectivity index (χ2n) is 4.45. The maximum absolute atomic E-state index is 6.10. The van der Waals surface area contributed by atoms with Crippen LogP contribution >= 0.6 is 11.6 Å². The number of benzene rings is 1. The molecule has 1 rings (SSSR count). The van der Waals surface area contributed by atoms with E-state index in [1.165, 1.54) is 0 Å². The molecule has 0 amide bonds. The van der Waals surface area contributed by atoms with Crippen molar-refractivity contribution in [2.45, 2.75) is 19.4 Å². The van der Waals surface area contributed by atoms with E-state index < -0.39 is 0 Å². The van der Waals surface area contributed by atoms with Gasteiger partial charge >= 0.3 is 0 Å². The third kappa shape index (κ3) is 6.69. The molecule has 1 unspecified atom stereocenters. The highest BCUT2D eigenvalue weighted by atomic mass is 35.5. The molecule has 1 aromatic carbocycles. The predicted octanol–water partition coefficient (Wildman–Crippen LogP) is 2.31. The molecule has 0 radical (unpaired) electrons. The van der Waals surface area contributed by atoms with Crippen LogP contribution in [0.15, 0.2) is 29.3 Å². The molecule has 21 heavy (non-hydrogen) atoms. The third-order valence-corrected chi connectivity index (χ3v) is 3.22. The van der Waals surface area contributed by atoms with Crippen LogP contribution in [0.2, 0.25) is 5.02 Å². The van der Waals surface area contributed by atoms with Gasteiger partial charge in [0.25, 0.3) is 0 Å². The second kappa shape index (κ2) is 10.3. The molecule has 0 aliphatic heterocycles. The third-order valence-electron chi connectivity index (χ3n) is 2.91. The fourth-order valence-corrected chi connectivity index (χ4v) is 1.87. The van der Waals surface area contributed by atoms with E-state index in [2.05, 4.69) is 22.5 Å². The zero-order valence-corrected chi connectivity index (χ0v) is 13.6. The number of halogens is 1. The van der Waals surface area contributed by atoms with Crippen LogP contribution in [0.3, 0.4) is 0 Å². The summed E-state index contributed by atoms with van der Waals surface area (Å²) in [4.78, 5) is 4.15. The van der Waals surface area contributed by atoms with E-state index in [0.29, 0.717) is 30.5 Å². The molecule has 0 saturated carbocycles. The normalized spacial score (nSPS) is 12.9. The highest BCUT2D eigenvalue weighted by Gasteiger charge is 2.11. The number of guanidine groups is 1. The average Bonchev–Trinajstić information content (AvgIpc) is 2.51. The van der Waals surface area contributed by atoms with Gasteiger partial charge in [0.2, 0.25) is 0 Å². The van der Waals surface area contributed by atoms with Gasteiger partial charge in [-0.15, -0.1) is 0 Å². The van der Waals surface area contributed by atoms with E-state index in [1.54, 1.807) is 14.2 Å². The zero-order chi connectivity index (χ0) is 15.5. The molecule has 0 aromatic heterocycles. The lowest BCUT2D eigenvalue weighted by atomic mass is 10.2. The summed E-state index contributed by atoms with van der Waals surface area (Å²) in [5, 5.41) is 7.02. The second-order valence-corrected chi connectivity index (χ2v) is 4.86. The van der Waals surface area contributed by atoms with Crippen LogP contribution in [0.5, 0.6) is 5.75 Å². The minimum absolute atomic E-state index is 0.0193. The number of hydrogen-bond acceptors (Lipinski definition) is 3. The van der Waals surface area contributed by atoms with Gasteiger partial charge in [0.15, 0.2) is 5.96 Å². The van der Waals surface area contributed by atoms with Crippen LogP contribution in [-0.4, -0.2) is 45.9 Å². The minimum Gasteiger partial charge on any atom is -0.487 e. The SMILES string of the molecule is CCC(CNC(=NC)NCCOC)Oc1ccccc1Cl. The van der Waals surface area contributed by atoms with Crippen molar-refractivity contribution in [2.75, 3.05) is 33.9 Å². The quantitative estimate of drug-likeness (QED) is 0.439. The first-order valence-corrected chi connectivity index (χ1v) is 7.43. The van der Waals surface area contributed by atoms with E-state index in [-0.39, 0.29) is 6.10 Å². The Kier molecular flexibility index (Phi) is 8.62. The van der Waals surface area contributed by atoms with Gasteiger partial charge in [0.05, 0.1) is 18.2 Å². The maximum Gasteiger partial charge on any atom is 0.191 e. The summed E-state index contributed by atoms with van der Waals surface area (Å²) in [6, 6.07) is 7.49. The van der Waals surface area contributed by atoms with Crippen LogP contribution < -0.4 is 15.4 Å². The Morgan fingerprint density at radius 3 is 2.71 bits per heavy atom. The van der Waals surface area contributed by atoms with Gasteiger partial charge in [0.1, 0.15) is 11.9 Å². The molecule has 0 bridgehead atoms. The number of para-hydroxylation sites is 1. The fraction of sp³-hybridized carbons (Fsp3) is 0.533. The van der Waals surface area contributed by atoms with Crippen molar-refractivity contribution >= 4 is 17.6 Å². The lowest BCUT2D eigenvalue weighted by Crippen LogP contribution is -2.43. The Balaban J connectivity index is 2.45. The van der Waals surface area contributed by atoms with Crippen molar-refractivity contribution in [3.05, 3.63) is 29.3 Å². The van der Waals surface area contributed by atoms with Crippen LogP contribution in [-0.2, 0) is 4.74 Å². The lowest BCUT2D eigenvalue weighted by molar-refractivity contribution is 0.197. The summed E-state index contributed by atoms with van der Waals surface area (Å²) in [7, 11) is 3.40. The Labute approximate surface area is 131 Å². The lowest BCUT2D eigenvalue weighted by Gasteiger charge is -2.20. The van der Waals surface area contributed by atoms with E-state index >= 15 is 0 Å². The first kappa shape index (κ1) is 17.6. The van der Waals surface area contributed by atoms with Crippen LogP contribution in [0, 0.1) is 0 Å². The number of methoxy groups -OCH3 is 1. The van der Waals surface area contributed by atoms with Gasteiger partial charge in [-0.3, -0.25) is 4.99 Å². The van der Waals surface area contributed by atoms with E-state index in [9.17, 15) is 0 Å². The van der Waals surface area contributed by atoms with Gasteiger partial charge in [-0.1, -0.05) is 30.7 Å². The summed E-state index contributed by atoms with van der Waals surface area (Å²) in [6.45, 7) is 4.06. The van der Waals surface area contributed by atoms with Gasteiger partial charge in [-0.25, -0.2) is 0 Å². The summed E-state index contributed by atoms with van der Waals surface area (Å²) < 4.78 is 10.9. The van der Waals surface area contributed by atoms with Crippen molar-refractivity contribution in [1.82, 2.24) is 10.6 Å². The summed E-state index contributed by atoms with van der Waals surface area (Å²) in [6.07, 6.45) is 0.888. The summed E-state index contributed by atoms with van der Waals surface area (Å²) in [5.74, 6) is 1.43. The number of hydrogen-bond donors (Lipinski definition) is 2. The standard InChI is InChI=1S/C15H24ClN3O2/c1-4-12(21-14-8-6-5-7-13(14)16)11-19-15(17-2)18-9-10-20-3/h5-8,12H,4,9-11H2,1-3H3,(H2,17,18,19).